The van der Waals surface area contributed by atoms with Crippen molar-refractivity contribution in [2.45, 2.75) is 40.0 Å². The van der Waals surface area contributed by atoms with Crippen molar-refractivity contribution in [1.29, 1.82) is 0 Å². The predicted molar refractivity (Wildman–Crippen MR) is 114 cm³/mol. The maximum absolute atomic E-state index is 14.0. The fourth-order valence-corrected chi connectivity index (χ4v) is 2.68. The zero-order valence-electron chi connectivity index (χ0n) is 16.9. The van der Waals surface area contributed by atoms with Gasteiger partial charge in [-0.2, -0.15) is 0 Å². The summed E-state index contributed by atoms with van der Waals surface area (Å²) in [6, 6.07) is 19.5. The Balaban J connectivity index is 0.000000223. The van der Waals surface area contributed by atoms with Crippen molar-refractivity contribution in [2.75, 3.05) is 0 Å². The van der Waals surface area contributed by atoms with Gasteiger partial charge in [-0.1, -0.05) is 75.4 Å². The molecule has 0 spiro atoms. The number of hydrogen-bond acceptors (Lipinski definition) is 1. The second kappa shape index (κ2) is 8.77. The van der Waals surface area contributed by atoms with Crippen molar-refractivity contribution in [3.63, 3.8) is 0 Å². The van der Waals surface area contributed by atoms with Crippen LogP contribution in [0.2, 0.25) is 0 Å². The predicted octanol–water partition coefficient (Wildman–Crippen LogP) is 7.21. The first-order chi connectivity index (χ1) is 12.7. The van der Waals surface area contributed by atoms with Gasteiger partial charge in [-0.15, -0.1) is 0 Å². The summed E-state index contributed by atoms with van der Waals surface area (Å²) >= 11 is 0. The van der Waals surface area contributed by atoms with Crippen LogP contribution in [-0.2, 0) is 5.41 Å². The van der Waals surface area contributed by atoms with E-state index in [1.54, 1.807) is 12.3 Å². The van der Waals surface area contributed by atoms with Crippen molar-refractivity contribution in [3.8, 4) is 11.3 Å². The van der Waals surface area contributed by atoms with Crippen LogP contribution in [0.15, 0.2) is 73.4 Å². The van der Waals surface area contributed by atoms with Crippen molar-refractivity contribution in [2.24, 2.45) is 0 Å². The average molecular weight is 362 g/mol. The van der Waals surface area contributed by atoms with Crippen LogP contribution in [0.5, 0.6) is 0 Å². The summed E-state index contributed by atoms with van der Waals surface area (Å²) in [5, 5.41) is 0. The molecule has 0 unspecified atom stereocenters. The summed E-state index contributed by atoms with van der Waals surface area (Å²) in [6.45, 7) is 14.3. The van der Waals surface area contributed by atoms with Crippen LogP contribution in [0.1, 0.15) is 44.4 Å². The van der Waals surface area contributed by atoms with Crippen molar-refractivity contribution in [1.82, 2.24) is 4.98 Å². The lowest BCUT2D eigenvalue weighted by atomic mass is 9.87. The number of aromatic nitrogens is 1. The fraction of sp³-hybridized carbons (Fsp3) is 0.240. The third-order valence-electron chi connectivity index (χ3n) is 4.37. The molecule has 0 fully saturated rings. The molecule has 0 radical (unpaired) electrons. The zero-order chi connectivity index (χ0) is 20.0. The molecule has 1 nitrogen and oxygen atoms in total. The van der Waals surface area contributed by atoms with Gasteiger partial charge in [0.25, 0.3) is 0 Å². The van der Waals surface area contributed by atoms with E-state index >= 15 is 0 Å². The van der Waals surface area contributed by atoms with E-state index in [2.05, 4.69) is 62.7 Å². The van der Waals surface area contributed by atoms with Crippen LogP contribution in [0.3, 0.4) is 0 Å². The minimum atomic E-state index is -0.257. The average Bonchev–Trinajstić information content (AvgIpc) is 2.63. The summed E-state index contributed by atoms with van der Waals surface area (Å²) in [7, 11) is 0. The van der Waals surface area contributed by atoms with Gasteiger partial charge in [-0.25, -0.2) is 4.39 Å². The molecule has 0 aliphatic rings. The summed E-state index contributed by atoms with van der Waals surface area (Å²) in [5.74, 6) is -0.257. The first kappa shape index (κ1) is 20.6. The number of nitrogens with zero attached hydrogens (tertiary/aromatic N) is 1. The maximum Gasteiger partial charge on any atom is 0.133 e. The molecule has 1 aromatic heterocycles. The van der Waals surface area contributed by atoms with Gasteiger partial charge in [0.1, 0.15) is 5.82 Å². The number of aryl methyl sites for hydroxylation is 1. The number of allylic oxidation sites excluding steroid dienone is 1. The van der Waals surface area contributed by atoms with E-state index in [9.17, 15) is 4.39 Å². The second-order valence-corrected chi connectivity index (χ2v) is 7.76. The van der Waals surface area contributed by atoms with E-state index in [0.29, 0.717) is 16.7 Å². The van der Waals surface area contributed by atoms with Gasteiger partial charge in [0.15, 0.2) is 0 Å². The molecule has 0 aliphatic heterocycles. The summed E-state index contributed by atoms with van der Waals surface area (Å²) in [6.07, 6.45) is 1.68. The molecule has 2 aromatic carbocycles. The number of hydrogen-bond donors (Lipinski definition) is 0. The van der Waals surface area contributed by atoms with Crippen LogP contribution in [-0.4, -0.2) is 4.98 Å². The van der Waals surface area contributed by atoms with Gasteiger partial charge in [-0.3, -0.25) is 4.98 Å². The highest BCUT2D eigenvalue weighted by Crippen LogP contribution is 2.26. The maximum atomic E-state index is 14.0. The van der Waals surface area contributed by atoms with E-state index < -0.39 is 0 Å². The SMILES string of the molecule is C=C(C)c1ccc(-c2ncccc2C)c(F)c1.CC(C)(C)c1ccccc1. The Morgan fingerprint density at radius 2 is 1.63 bits per heavy atom. The van der Waals surface area contributed by atoms with E-state index in [1.165, 1.54) is 11.6 Å². The zero-order valence-corrected chi connectivity index (χ0v) is 16.9. The van der Waals surface area contributed by atoms with Gasteiger partial charge in [0.2, 0.25) is 0 Å². The number of benzene rings is 2. The molecule has 0 atom stereocenters. The number of pyridine rings is 1. The minimum absolute atomic E-state index is 0.257. The summed E-state index contributed by atoms with van der Waals surface area (Å²) in [4.78, 5) is 4.22. The van der Waals surface area contributed by atoms with Gasteiger partial charge in [0, 0.05) is 11.8 Å². The highest BCUT2D eigenvalue weighted by atomic mass is 19.1. The molecule has 0 saturated heterocycles. The van der Waals surface area contributed by atoms with Crippen molar-refractivity contribution < 1.29 is 4.39 Å². The normalized spacial score (nSPS) is 10.7. The standard InChI is InChI=1S/C15H14FN.C10H14/c1-10(2)12-6-7-13(14(16)9-12)15-11(3)5-4-8-17-15;1-10(2,3)9-7-5-4-6-8-9/h4-9H,1H2,2-3H3;4-8H,1-3H3. The number of rotatable bonds is 2. The molecule has 0 amide bonds. The Morgan fingerprint density at radius 1 is 0.963 bits per heavy atom. The molecule has 0 N–H and O–H groups in total. The van der Waals surface area contributed by atoms with E-state index in [4.69, 9.17) is 0 Å². The first-order valence-electron chi connectivity index (χ1n) is 9.13. The number of halogens is 1. The topological polar surface area (TPSA) is 12.9 Å². The van der Waals surface area contributed by atoms with Crippen LogP contribution in [0.25, 0.3) is 16.8 Å². The van der Waals surface area contributed by atoms with Crippen LogP contribution < -0.4 is 0 Å². The molecule has 0 bridgehead atoms. The van der Waals surface area contributed by atoms with Gasteiger partial charge < -0.3 is 0 Å². The quantitative estimate of drug-likeness (QED) is 0.470. The molecular formula is C25H28FN. The fourth-order valence-electron chi connectivity index (χ4n) is 2.68. The lowest BCUT2D eigenvalue weighted by Gasteiger charge is -2.18. The second-order valence-electron chi connectivity index (χ2n) is 7.76. The Bertz CT molecular complexity index is 905. The molecule has 27 heavy (non-hydrogen) atoms. The highest BCUT2D eigenvalue weighted by Gasteiger charge is 2.11. The third-order valence-corrected chi connectivity index (χ3v) is 4.37. The largest absolute Gasteiger partial charge is 0.256 e. The van der Waals surface area contributed by atoms with E-state index in [0.717, 1.165) is 16.7 Å². The lowest BCUT2D eigenvalue weighted by molar-refractivity contribution is 0.590. The smallest absolute Gasteiger partial charge is 0.133 e. The molecule has 0 aliphatic carbocycles. The monoisotopic (exact) mass is 361 g/mol. The Labute approximate surface area is 162 Å². The van der Waals surface area contributed by atoms with Crippen LogP contribution >= 0.6 is 0 Å². The summed E-state index contributed by atoms with van der Waals surface area (Å²) < 4.78 is 14.0. The van der Waals surface area contributed by atoms with E-state index in [-0.39, 0.29) is 5.82 Å². The Kier molecular flexibility index (Phi) is 6.68. The molecule has 3 rings (SSSR count). The summed E-state index contributed by atoms with van der Waals surface area (Å²) in [5.41, 5.74) is 5.56. The Morgan fingerprint density at radius 3 is 2.11 bits per heavy atom. The molecule has 0 saturated carbocycles. The molecule has 2 heteroatoms. The highest BCUT2D eigenvalue weighted by molar-refractivity contribution is 5.68. The minimum Gasteiger partial charge on any atom is -0.256 e. The lowest BCUT2D eigenvalue weighted by Crippen LogP contribution is -2.10. The third kappa shape index (κ3) is 5.62. The first-order valence-corrected chi connectivity index (χ1v) is 9.13. The molecular weight excluding hydrogens is 333 g/mol. The van der Waals surface area contributed by atoms with Gasteiger partial charge >= 0.3 is 0 Å². The van der Waals surface area contributed by atoms with Crippen LogP contribution in [0, 0.1) is 12.7 Å². The Hall–Kier alpha value is -2.74. The van der Waals surface area contributed by atoms with Gasteiger partial charge in [0.05, 0.1) is 5.69 Å². The molecule has 1 heterocycles. The molecule has 140 valence electrons. The van der Waals surface area contributed by atoms with Crippen LogP contribution in [0.4, 0.5) is 4.39 Å². The molecule has 3 aromatic rings. The van der Waals surface area contributed by atoms with Crippen molar-refractivity contribution in [3.05, 3.63) is 95.9 Å². The van der Waals surface area contributed by atoms with Crippen molar-refractivity contribution >= 4 is 5.57 Å². The van der Waals surface area contributed by atoms with E-state index in [1.807, 2.05) is 32.0 Å². The van der Waals surface area contributed by atoms with Gasteiger partial charge in [-0.05, 0) is 54.2 Å².